The summed E-state index contributed by atoms with van der Waals surface area (Å²) in [4.78, 5) is 15.4. The molecule has 0 radical (unpaired) electrons. The van der Waals surface area contributed by atoms with E-state index in [2.05, 4.69) is 20.9 Å². The molecule has 0 unspecified atom stereocenters. The first kappa shape index (κ1) is 12.7. The van der Waals surface area contributed by atoms with E-state index in [0.29, 0.717) is 0 Å². The van der Waals surface area contributed by atoms with E-state index in [0.717, 1.165) is 33.5 Å². The van der Waals surface area contributed by atoms with Gasteiger partial charge in [0.2, 0.25) is 6.08 Å². The average Bonchev–Trinajstić information content (AvgIpc) is 3.09. The molecule has 1 fully saturated rings. The molecule has 1 aromatic rings. The summed E-state index contributed by atoms with van der Waals surface area (Å²) in [6.45, 7) is 0. The minimum atomic E-state index is -0.332. The van der Waals surface area contributed by atoms with Gasteiger partial charge in [-0.25, -0.2) is 4.79 Å². The van der Waals surface area contributed by atoms with Crippen molar-refractivity contribution in [3.8, 4) is 5.75 Å². The summed E-state index contributed by atoms with van der Waals surface area (Å²) in [5.41, 5.74) is 0.721. The largest absolute Gasteiger partial charge is 0.494 e. The maximum Gasteiger partial charge on any atom is 0.235 e. The van der Waals surface area contributed by atoms with Gasteiger partial charge >= 0.3 is 0 Å². The number of methoxy groups -OCH3 is 1. The molecule has 0 aliphatic heterocycles. The van der Waals surface area contributed by atoms with Crippen LogP contribution in [0.5, 0.6) is 5.75 Å². The van der Waals surface area contributed by atoms with E-state index in [1.165, 1.54) is 0 Å². The zero-order valence-corrected chi connectivity index (χ0v) is 12.0. The van der Waals surface area contributed by atoms with Gasteiger partial charge in [0.15, 0.2) is 0 Å². The molecule has 0 amide bonds. The van der Waals surface area contributed by atoms with Crippen LogP contribution in [-0.2, 0) is 10.3 Å². The summed E-state index contributed by atoms with van der Waals surface area (Å²) in [7, 11) is 1.65. The predicted octanol–water partition coefficient (Wildman–Crippen LogP) is 3.50. The van der Waals surface area contributed by atoms with E-state index in [1.807, 2.05) is 18.4 Å². The molecule has 5 heteroatoms. The molecule has 0 spiro atoms. The lowest BCUT2D eigenvalue weighted by atomic mass is 10.1. The molecular formula is C12H12BrNO2S. The Kier molecular flexibility index (Phi) is 3.61. The Morgan fingerprint density at radius 2 is 2.24 bits per heavy atom. The second-order valence-corrected chi connectivity index (χ2v) is 5.63. The van der Waals surface area contributed by atoms with Gasteiger partial charge < -0.3 is 4.74 Å². The number of hydrogen-bond acceptors (Lipinski definition) is 4. The molecule has 17 heavy (non-hydrogen) atoms. The molecule has 90 valence electrons. The molecule has 0 heterocycles. The number of hydrogen-bond donors (Lipinski definition) is 0. The number of nitrogens with zero attached hydrogens (tertiary/aromatic N) is 1. The molecule has 3 nitrogen and oxygen atoms in total. The van der Waals surface area contributed by atoms with Gasteiger partial charge in [-0.15, -0.1) is 11.8 Å². The lowest BCUT2D eigenvalue weighted by Gasteiger charge is -2.14. The van der Waals surface area contributed by atoms with Crippen molar-refractivity contribution in [1.82, 2.24) is 0 Å². The fourth-order valence-corrected chi connectivity index (χ4v) is 3.23. The first-order valence-electron chi connectivity index (χ1n) is 5.18. The second kappa shape index (κ2) is 4.84. The number of thioether (sulfide) groups is 1. The Hall–Kier alpha value is -0.770. The Labute approximate surface area is 113 Å². The summed E-state index contributed by atoms with van der Waals surface area (Å²) in [5.74, 6) is 0.826. The van der Waals surface area contributed by atoms with Crippen molar-refractivity contribution in [2.24, 2.45) is 4.99 Å². The van der Waals surface area contributed by atoms with Crippen LogP contribution in [0.3, 0.4) is 0 Å². The Balaban J connectivity index is 2.51. The van der Waals surface area contributed by atoms with E-state index >= 15 is 0 Å². The number of isocyanates is 1. The number of rotatable bonds is 4. The predicted molar refractivity (Wildman–Crippen MR) is 71.5 cm³/mol. The van der Waals surface area contributed by atoms with Crippen molar-refractivity contribution in [1.29, 1.82) is 0 Å². The van der Waals surface area contributed by atoms with Crippen molar-refractivity contribution in [2.75, 3.05) is 13.4 Å². The maximum absolute atomic E-state index is 10.5. The summed E-state index contributed by atoms with van der Waals surface area (Å²) in [6, 6.07) is 4.02. The van der Waals surface area contributed by atoms with E-state index in [-0.39, 0.29) is 5.54 Å². The van der Waals surface area contributed by atoms with Crippen molar-refractivity contribution < 1.29 is 9.53 Å². The molecule has 1 saturated carbocycles. The van der Waals surface area contributed by atoms with Gasteiger partial charge in [-0.2, -0.15) is 4.99 Å². The molecular weight excluding hydrogens is 302 g/mol. The summed E-state index contributed by atoms with van der Waals surface area (Å²) < 4.78 is 6.24. The van der Waals surface area contributed by atoms with Gasteiger partial charge in [-0.3, -0.25) is 0 Å². The zero-order chi connectivity index (χ0) is 12.5. The van der Waals surface area contributed by atoms with Crippen LogP contribution >= 0.6 is 27.7 Å². The standard InChI is InChI=1S/C12H12BrNO2S/c1-16-11-9(13)5-8(6-10(11)17-2)12(3-4-12)14-7-15/h5-6H,3-4H2,1-2H3. The molecule has 0 aromatic heterocycles. The molecule has 0 atom stereocenters. The summed E-state index contributed by atoms with van der Waals surface area (Å²) in [6.07, 6.45) is 5.50. The fourth-order valence-electron chi connectivity index (χ4n) is 1.86. The van der Waals surface area contributed by atoms with Crippen LogP contribution in [0.15, 0.2) is 26.5 Å². The van der Waals surface area contributed by atoms with Crippen molar-refractivity contribution >= 4 is 33.8 Å². The normalized spacial score (nSPS) is 16.2. The van der Waals surface area contributed by atoms with Gasteiger partial charge in [-0.05, 0) is 52.7 Å². The van der Waals surface area contributed by atoms with Gasteiger partial charge in [0, 0.05) is 0 Å². The number of aliphatic imine (C=N–C) groups is 1. The molecule has 2 rings (SSSR count). The lowest BCUT2D eigenvalue weighted by Crippen LogP contribution is -2.03. The highest BCUT2D eigenvalue weighted by Gasteiger charge is 2.45. The number of ether oxygens (including phenoxy) is 1. The molecule has 0 bridgehead atoms. The number of carbonyl (C=O) groups excluding carboxylic acids is 1. The van der Waals surface area contributed by atoms with Gasteiger partial charge in [-0.1, -0.05) is 0 Å². The maximum atomic E-state index is 10.5. The highest BCUT2D eigenvalue weighted by atomic mass is 79.9. The van der Waals surface area contributed by atoms with E-state index in [9.17, 15) is 4.79 Å². The van der Waals surface area contributed by atoms with Crippen LogP contribution in [0.2, 0.25) is 0 Å². The van der Waals surface area contributed by atoms with Crippen LogP contribution in [0.25, 0.3) is 0 Å². The van der Waals surface area contributed by atoms with Crippen LogP contribution in [-0.4, -0.2) is 19.4 Å². The topological polar surface area (TPSA) is 38.7 Å². The van der Waals surface area contributed by atoms with Gasteiger partial charge in [0.1, 0.15) is 5.75 Å². The minimum absolute atomic E-state index is 0.332. The molecule has 1 aliphatic carbocycles. The third-order valence-corrected chi connectivity index (χ3v) is 4.29. The lowest BCUT2D eigenvalue weighted by molar-refractivity contribution is 0.401. The van der Waals surface area contributed by atoms with Crippen LogP contribution < -0.4 is 4.74 Å². The van der Waals surface area contributed by atoms with Gasteiger partial charge in [0.25, 0.3) is 0 Å². The third kappa shape index (κ3) is 2.28. The van der Waals surface area contributed by atoms with Crippen LogP contribution in [0, 0.1) is 0 Å². The molecule has 1 aromatic carbocycles. The van der Waals surface area contributed by atoms with Crippen molar-refractivity contribution in [3.63, 3.8) is 0 Å². The van der Waals surface area contributed by atoms with Crippen LogP contribution in [0.1, 0.15) is 18.4 Å². The first-order valence-corrected chi connectivity index (χ1v) is 7.19. The highest BCUT2D eigenvalue weighted by Crippen LogP contribution is 2.51. The highest BCUT2D eigenvalue weighted by molar-refractivity contribution is 9.10. The fraction of sp³-hybridized carbons (Fsp3) is 0.417. The van der Waals surface area contributed by atoms with Gasteiger partial charge in [0.05, 0.1) is 22.0 Å². The Bertz CT molecular complexity index is 494. The second-order valence-electron chi connectivity index (χ2n) is 3.93. The number of halogens is 1. The summed E-state index contributed by atoms with van der Waals surface area (Å²) >= 11 is 5.11. The van der Waals surface area contributed by atoms with E-state index in [1.54, 1.807) is 25.0 Å². The molecule has 0 saturated heterocycles. The monoisotopic (exact) mass is 313 g/mol. The Morgan fingerprint density at radius 1 is 1.53 bits per heavy atom. The smallest absolute Gasteiger partial charge is 0.235 e. The minimum Gasteiger partial charge on any atom is -0.494 e. The average molecular weight is 314 g/mol. The molecule has 0 N–H and O–H groups in total. The third-order valence-electron chi connectivity index (χ3n) is 2.95. The van der Waals surface area contributed by atoms with E-state index in [4.69, 9.17) is 4.74 Å². The van der Waals surface area contributed by atoms with Crippen molar-refractivity contribution in [2.45, 2.75) is 23.3 Å². The Morgan fingerprint density at radius 3 is 2.71 bits per heavy atom. The number of benzene rings is 1. The van der Waals surface area contributed by atoms with Crippen LogP contribution in [0.4, 0.5) is 0 Å². The van der Waals surface area contributed by atoms with E-state index < -0.39 is 0 Å². The molecule has 1 aliphatic rings. The zero-order valence-electron chi connectivity index (χ0n) is 9.62. The SMILES string of the molecule is COc1c(Br)cc(C2(N=C=O)CC2)cc1SC. The quantitative estimate of drug-likeness (QED) is 0.485. The van der Waals surface area contributed by atoms with Crippen molar-refractivity contribution in [3.05, 3.63) is 22.2 Å². The first-order chi connectivity index (χ1) is 8.16. The summed E-state index contributed by atoms with van der Waals surface area (Å²) in [5, 5.41) is 0.